The molecule has 0 bridgehead atoms. The Morgan fingerprint density at radius 2 is 1.80 bits per heavy atom. The molecule has 3 rings (SSSR count). The Morgan fingerprint density at radius 3 is 2.40 bits per heavy atom. The lowest BCUT2D eigenvalue weighted by molar-refractivity contribution is 0.294. The number of hydrogen-bond acceptors (Lipinski definition) is 3. The molecular weight excluding hydrogens is 337 g/mol. The van der Waals surface area contributed by atoms with Crippen molar-refractivity contribution in [3.8, 4) is 11.1 Å². The predicted molar refractivity (Wildman–Crippen MR) is 98.2 cm³/mol. The Morgan fingerprint density at radius 1 is 1.16 bits per heavy atom. The van der Waals surface area contributed by atoms with Gasteiger partial charge in [-0.1, -0.05) is 24.3 Å². The maximum Gasteiger partial charge on any atom is 0.178 e. The average Bonchev–Trinajstić information content (AvgIpc) is 2.55. The molecule has 2 aromatic carbocycles. The number of hydrogen-bond donors (Lipinski definition) is 0. The van der Waals surface area contributed by atoms with E-state index in [1.54, 1.807) is 37.3 Å². The van der Waals surface area contributed by atoms with Crippen molar-refractivity contribution in [2.75, 3.05) is 5.75 Å². The summed E-state index contributed by atoms with van der Waals surface area (Å²) in [5.74, 6) is 2.52. The highest BCUT2D eigenvalue weighted by atomic mass is 32.2. The summed E-state index contributed by atoms with van der Waals surface area (Å²) in [6.45, 7) is 5.15. The van der Waals surface area contributed by atoms with Crippen LogP contribution in [0.1, 0.15) is 18.4 Å². The maximum atomic E-state index is 13.7. The second-order valence-electron chi connectivity index (χ2n) is 6.55. The number of nitrogens with zero attached hydrogens (tertiary/aromatic N) is 1. The number of aryl methyl sites for hydroxylation is 1. The van der Waals surface area contributed by atoms with Gasteiger partial charge in [-0.25, -0.2) is 17.8 Å². The fourth-order valence-electron chi connectivity index (χ4n) is 3.10. The molecule has 25 heavy (non-hydrogen) atoms. The molecule has 5 heteroatoms. The number of aliphatic imine (C=N–C) groups is 1. The molecule has 3 nitrogen and oxygen atoms in total. The molecular formula is C20H20FNO2S. The Balaban J connectivity index is 1.73. The summed E-state index contributed by atoms with van der Waals surface area (Å²) in [5, 5.41) is 0. The van der Waals surface area contributed by atoms with Crippen LogP contribution in [0.3, 0.4) is 0 Å². The van der Waals surface area contributed by atoms with Crippen molar-refractivity contribution in [2.45, 2.75) is 30.7 Å². The average molecular weight is 357 g/mol. The van der Waals surface area contributed by atoms with Crippen LogP contribution in [-0.4, -0.2) is 26.1 Å². The molecule has 0 aromatic heterocycles. The van der Waals surface area contributed by atoms with Gasteiger partial charge in [-0.2, -0.15) is 0 Å². The Hall–Kier alpha value is -2.23. The zero-order chi connectivity index (χ0) is 18.0. The summed E-state index contributed by atoms with van der Waals surface area (Å²) in [4.78, 5) is 4.36. The van der Waals surface area contributed by atoms with Crippen molar-refractivity contribution in [1.29, 1.82) is 0 Å². The Kier molecular flexibility index (Phi) is 4.89. The van der Waals surface area contributed by atoms with Crippen LogP contribution in [0.4, 0.5) is 4.39 Å². The zero-order valence-corrected chi connectivity index (χ0v) is 14.9. The largest absolute Gasteiger partial charge is 0.240 e. The Bertz CT molecular complexity index is 923. The number of sulfone groups is 1. The number of rotatable bonds is 5. The molecule has 1 aliphatic carbocycles. The van der Waals surface area contributed by atoms with Gasteiger partial charge in [0.15, 0.2) is 9.84 Å². The highest BCUT2D eigenvalue weighted by molar-refractivity contribution is 7.91. The quantitative estimate of drug-likeness (QED) is 0.753. The smallest absolute Gasteiger partial charge is 0.178 e. The molecule has 130 valence electrons. The highest BCUT2D eigenvalue weighted by Crippen LogP contribution is 2.33. The fraction of sp³-hybridized carbons (Fsp3) is 0.300. The lowest BCUT2D eigenvalue weighted by Gasteiger charge is -2.31. The van der Waals surface area contributed by atoms with E-state index in [0.717, 1.165) is 24.0 Å². The van der Waals surface area contributed by atoms with E-state index in [-0.39, 0.29) is 23.5 Å². The third kappa shape index (κ3) is 3.89. The number of benzene rings is 2. The van der Waals surface area contributed by atoms with Crippen molar-refractivity contribution < 1.29 is 12.8 Å². The minimum Gasteiger partial charge on any atom is -0.240 e. The first-order valence-corrected chi connectivity index (χ1v) is 9.85. The summed E-state index contributed by atoms with van der Waals surface area (Å²) in [5.41, 5.74) is 2.11. The summed E-state index contributed by atoms with van der Waals surface area (Å²) < 4.78 is 38.8. The van der Waals surface area contributed by atoms with Crippen molar-refractivity contribution in [1.82, 2.24) is 0 Å². The van der Waals surface area contributed by atoms with E-state index in [9.17, 15) is 12.8 Å². The van der Waals surface area contributed by atoms with Crippen LogP contribution in [-0.2, 0) is 9.84 Å². The van der Waals surface area contributed by atoms with E-state index in [4.69, 9.17) is 0 Å². The van der Waals surface area contributed by atoms with Gasteiger partial charge in [-0.3, -0.25) is 0 Å². The van der Waals surface area contributed by atoms with Gasteiger partial charge in [0, 0.05) is 0 Å². The van der Waals surface area contributed by atoms with Crippen LogP contribution in [0.2, 0.25) is 0 Å². The summed E-state index contributed by atoms with van der Waals surface area (Å²) >= 11 is 0. The van der Waals surface area contributed by atoms with Crippen LogP contribution in [0, 0.1) is 18.7 Å². The summed E-state index contributed by atoms with van der Waals surface area (Å²) in [6.07, 6.45) is 1.53. The minimum atomic E-state index is -3.32. The summed E-state index contributed by atoms with van der Waals surface area (Å²) in [7, 11) is -3.32. The van der Waals surface area contributed by atoms with E-state index >= 15 is 0 Å². The van der Waals surface area contributed by atoms with Gasteiger partial charge in [0.1, 0.15) is 5.82 Å². The van der Waals surface area contributed by atoms with E-state index < -0.39 is 9.84 Å². The molecule has 1 fully saturated rings. The van der Waals surface area contributed by atoms with Crippen LogP contribution in [0.5, 0.6) is 0 Å². The molecule has 1 aliphatic rings. The normalized spacial score (nSPS) is 19.8. The third-order valence-electron chi connectivity index (χ3n) is 4.66. The number of halogens is 1. The van der Waals surface area contributed by atoms with E-state index in [1.165, 1.54) is 6.07 Å². The molecule has 0 spiro atoms. The SMILES string of the molecule is C=C=NC1CC(CS(=O)(=O)c2ccc(-c3ccc(C)c(F)c3)cc2)C1. The fourth-order valence-corrected chi connectivity index (χ4v) is 4.74. The highest BCUT2D eigenvalue weighted by Gasteiger charge is 2.33. The lowest BCUT2D eigenvalue weighted by Crippen LogP contribution is -2.32. The second-order valence-corrected chi connectivity index (χ2v) is 8.58. The molecule has 0 heterocycles. The van der Waals surface area contributed by atoms with E-state index in [0.29, 0.717) is 10.5 Å². The topological polar surface area (TPSA) is 46.5 Å². The van der Waals surface area contributed by atoms with Gasteiger partial charge in [-0.05, 0) is 73.0 Å². The van der Waals surface area contributed by atoms with Gasteiger partial charge in [0.25, 0.3) is 0 Å². The molecule has 0 N–H and O–H groups in total. The molecule has 0 unspecified atom stereocenters. The Labute approximate surface area is 147 Å². The second kappa shape index (κ2) is 6.95. The molecule has 0 atom stereocenters. The monoisotopic (exact) mass is 357 g/mol. The van der Waals surface area contributed by atoms with Gasteiger partial charge in [0.05, 0.1) is 16.7 Å². The first kappa shape index (κ1) is 17.6. The van der Waals surface area contributed by atoms with E-state index in [2.05, 4.69) is 17.4 Å². The predicted octanol–water partition coefficient (Wildman–Crippen LogP) is 4.21. The molecule has 0 aliphatic heterocycles. The molecule has 0 radical (unpaired) electrons. The van der Waals surface area contributed by atoms with Gasteiger partial charge < -0.3 is 0 Å². The third-order valence-corrected chi connectivity index (χ3v) is 6.56. The van der Waals surface area contributed by atoms with Gasteiger partial charge >= 0.3 is 0 Å². The first-order chi connectivity index (χ1) is 11.9. The molecule has 0 saturated heterocycles. The summed E-state index contributed by atoms with van der Waals surface area (Å²) in [6, 6.07) is 11.8. The van der Waals surface area contributed by atoms with Crippen molar-refractivity contribution >= 4 is 15.7 Å². The molecule has 2 aromatic rings. The van der Waals surface area contributed by atoms with Crippen LogP contribution in [0.25, 0.3) is 11.1 Å². The maximum absolute atomic E-state index is 13.7. The van der Waals surface area contributed by atoms with Crippen LogP contribution in [0.15, 0.2) is 58.9 Å². The van der Waals surface area contributed by atoms with E-state index in [1.807, 2.05) is 6.07 Å². The van der Waals surface area contributed by atoms with Crippen LogP contribution < -0.4 is 0 Å². The van der Waals surface area contributed by atoms with Gasteiger partial charge in [0.2, 0.25) is 0 Å². The van der Waals surface area contributed by atoms with Crippen LogP contribution >= 0.6 is 0 Å². The molecule has 0 amide bonds. The van der Waals surface area contributed by atoms with Crippen molar-refractivity contribution in [2.24, 2.45) is 10.9 Å². The zero-order valence-electron chi connectivity index (χ0n) is 14.1. The standard InChI is InChI=1S/C20H20FNO2S/c1-3-22-18-10-15(11-18)13-25(23,24)19-8-6-16(7-9-19)17-5-4-14(2)20(21)12-17/h4-9,12,15,18H,1,10-11,13H2,2H3. The van der Waals surface area contributed by atoms with Gasteiger partial charge in [-0.15, -0.1) is 0 Å². The minimum absolute atomic E-state index is 0.134. The van der Waals surface area contributed by atoms with Crippen molar-refractivity contribution in [3.05, 3.63) is 60.4 Å². The first-order valence-electron chi connectivity index (χ1n) is 8.20. The van der Waals surface area contributed by atoms with Crippen molar-refractivity contribution in [3.63, 3.8) is 0 Å². The molecule has 1 saturated carbocycles. The lowest BCUT2D eigenvalue weighted by atomic mass is 9.82.